The van der Waals surface area contributed by atoms with Crippen molar-refractivity contribution in [1.82, 2.24) is 4.90 Å². The Morgan fingerprint density at radius 3 is 2.41 bits per heavy atom. The van der Waals surface area contributed by atoms with E-state index in [1.165, 1.54) is 26.9 Å². The summed E-state index contributed by atoms with van der Waals surface area (Å²) < 4.78 is 1.27. The fourth-order valence-corrected chi connectivity index (χ4v) is 4.65. The van der Waals surface area contributed by atoms with Crippen molar-refractivity contribution < 1.29 is 0 Å². The van der Waals surface area contributed by atoms with E-state index in [1.807, 2.05) is 12.1 Å². The summed E-state index contributed by atoms with van der Waals surface area (Å²) in [5.41, 5.74) is 1.19. The van der Waals surface area contributed by atoms with Crippen molar-refractivity contribution in [1.29, 1.82) is 0 Å². The van der Waals surface area contributed by atoms with Crippen molar-refractivity contribution in [2.75, 3.05) is 19.6 Å². The zero-order valence-electron chi connectivity index (χ0n) is 17.4. The van der Waals surface area contributed by atoms with Gasteiger partial charge >= 0.3 is 0 Å². The number of hydrogen-bond donors (Lipinski definition) is 0. The van der Waals surface area contributed by atoms with E-state index >= 15 is 0 Å². The van der Waals surface area contributed by atoms with Crippen LogP contribution in [0.2, 0.25) is 5.02 Å². The zero-order chi connectivity index (χ0) is 19.9. The first kappa shape index (κ1) is 23.9. The average molecular weight is 449 g/mol. The molecule has 1 atom stereocenters. The highest BCUT2D eigenvalue weighted by Crippen LogP contribution is 2.28. The molecular weight excluding hydrogens is 419 g/mol. The van der Waals surface area contributed by atoms with Gasteiger partial charge in [-0.2, -0.15) is 0 Å². The standard InChI is InChI=1S/C24H29ClN2S.ClH/c1-4-27(5-2)16-8-9-18(3)26-22-17-24(19-12-14-20(25)15-13-19)28-23-11-7-6-10-21(22)23;/h6-7,10-15,17-18H,4-5,8-9,16H2,1-3H3;1H. The van der Waals surface area contributed by atoms with Gasteiger partial charge < -0.3 is 4.90 Å². The van der Waals surface area contributed by atoms with Crippen LogP contribution in [-0.2, 0) is 0 Å². The number of nitrogens with zero attached hydrogens (tertiary/aromatic N) is 2. The molecule has 0 aliphatic heterocycles. The molecular formula is C24H30Cl2N2S. The summed E-state index contributed by atoms with van der Waals surface area (Å²) in [6.45, 7) is 10.1. The molecule has 1 aromatic heterocycles. The molecule has 5 heteroatoms. The molecule has 2 aromatic carbocycles. The first-order chi connectivity index (χ1) is 13.6. The van der Waals surface area contributed by atoms with E-state index in [0.717, 1.165) is 36.4 Å². The molecule has 0 saturated carbocycles. The highest BCUT2D eigenvalue weighted by Gasteiger charge is 2.07. The van der Waals surface area contributed by atoms with E-state index in [9.17, 15) is 0 Å². The van der Waals surface area contributed by atoms with Gasteiger partial charge in [0.25, 0.3) is 0 Å². The third-order valence-electron chi connectivity index (χ3n) is 5.13. The van der Waals surface area contributed by atoms with Crippen LogP contribution >= 0.6 is 35.3 Å². The second-order valence-corrected chi connectivity index (χ2v) is 8.67. The van der Waals surface area contributed by atoms with E-state index < -0.39 is 0 Å². The summed E-state index contributed by atoms with van der Waals surface area (Å²) in [6.07, 6.45) is 2.29. The molecule has 0 bridgehead atoms. The van der Waals surface area contributed by atoms with Crippen LogP contribution in [-0.4, -0.2) is 30.6 Å². The van der Waals surface area contributed by atoms with Crippen LogP contribution in [0.5, 0.6) is 0 Å². The lowest BCUT2D eigenvalue weighted by Gasteiger charge is -2.18. The van der Waals surface area contributed by atoms with Gasteiger partial charge in [0.1, 0.15) is 0 Å². The third-order valence-corrected chi connectivity index (χ3v) is 6.53. The minimum absolute atomic E-state index is 0. The fourth-order valence-electron chi connectivity index (χ4n) is 3.43. The Morgan fingerprint density at radius 1 is 1.03 bits per heavy atom. The smallest absolute Gasteiger partial charge is 0.0678 e. The molecule has 1 heterocycles. The number of fused-ring (bicyclic) bond motifs is 1. The first-order valence-corrected chi connectivity index (χ1v) is 11.3. The Balaban J connectivity index is 0.00000300. The lowest BCUT2D eigenvalue weighted by atomic mass is 10.1. The van der Waals surface area contributed by atoms with Crippen LogP contribution in [0.1, 0.15) is 33.6 Å². The molecule has 0 radical (unpaired) electrons. The number of benzene rings is 2. The molecule has 0 aliphatic carbocycles. The lowest BCUT2D eigenvalue weighted by molar-refractivity contribution is 0.294. The molecule has 156 valence electrons. The minimum atomic E-state index is 0. The predicted molar refractivity (Wildman–Crippen MR) is 132 cm³/mol. The van der Waals surface area contributed by atoms with Gasteiger partial charge in [-0.15, -0.1) is 23.7 Å². The molecule has 0 N–H and O–H groups in total. The van der Waals surface area contributed by atoms with Gasteiger partial charge in [-0.1, -0.05) is 55.8 Å². The van der Waals surface area contributed by atoms with Crippen LogP contribution in [0.4, 0.5) is 0 Å². The van der Waals surface area contributed by atoms with Crippen molar-refractivity contribution in [3.8, 4) is 10.4 Å². The maximum Gasteiger partial charge on any atom is 0.0678 e. The number of halogens is 2. The second kappa shape index (κ2) is 11.7. The molecule has 0 fully saturated rings. The molecule has 0 saturated heterocycles. The van der Waals surface area contributed by atoms with E-state index in [-0.39, 0.29) is 12.4 Å². The first-order valence-electron chi connectivity index (χ1n) is 10.2. The third kappa shape index (κ3) is 6.55. The molecule has 0 amide bonds. The van der Waals surface area contributed by atoms with Crippen LogP contribution in [0.3, 0.4) is 0 Å². The normalized spacial score (nSPS) is 12.9. The van der Waals surface area contributed by atoms with Crippen molar-refractivity contribution in [2.45, 2.75) is 39.7 Å². The molecule has 29 heavy (non-hydrogen) atoms. The van der Waals surface area contributed by atoms with Crippen LogP contribution in [0.15, 0.2) is 59.6 Å². The van der Waals surface area contributed by atoms with Crippen LogP contribution in [0, 0.1) is 0 Å². The van der Waals surface area contributed by atoms with Gasteiger partial charge in [0.05, 0.1) is 5.36 Å². The molecule has 0 spiro atoms. The maximum atomic E-state index is 6.07. The van der Waals surface area contributed by atoms with Crippen LogP contribution in [0.25, 0.3) is 20.5 Å². The van der Waals surface area contributed by atoms with Gasteiger partial charge in [-0.05, 0) is 69.2 Å². The quantitative estimate of drug-likeness (QED) is 0.360. The lowest BCUT2D eigenvalue weighted by Crippen LogP contribution is -2.24. The van der Waals surface area contributed by atoms with E-state index in [1.54, 1.807) is 11.3 Å². The Kier molecular flexibility index (Phi) is 9.64. The van der Waals surface area contributed by atoms with E-state index in [4.69, 9.17) is 16.6 Å². The summed E-state index contributed by atoms with van der Waals surface area (Å²) in [4.78, 5) is 8.80. The van der Waals surface area contributed by atoms with E-state index in [2.05, 4.69) is 68.1 Å². The van der Waals surface area contributed by atoms with E-state index in [0.29, 0.717) is 6.04 Å². The Morgan fingerprint density at radius 2 is 1.72 bits per heavy atom. The van der Waals surface area contributed by atoms with Crippen molar-refractivity contribution >= 4 is 45.4 Å². The van der Waals surface area contributed by atoms with Gasteiger partial charge in [-0.3, -0.25) is 4.99 Å². The number of hydrogen-bond acceptors (Lipinski definition) is 3. The Bertz CT molecular complexity index is 963. The van der Waals surface area contributed by atoms with Crippen molar-refractivity contribution in [3.63, 3.8) is 0 Å². The summed E-state index contributed by atoms with van der Waals surface area (Å²) in [6, 6.07) is 19.2. The Hall–Kier alpha value is -1.39. The second-order valence-electron chi connectivity index (χ2n) is 7.15. The summed E-state index contributed by atoms with van der Waals surface area (Å²) in [5, 5.41) is 3.09. The highest BCUT2D eigenvalue weighted by atomic mass is 35.5. The SMILES string of the molecule is CCN(CC)CCCC(C)N=c1cc(-c2ccc(Cl)cc2)sc2ccccc12.Cl. The zero-order valence-corrected chi connectivity index (χ0v) is 19.8. The Labute approximate surface area is 189 Å². The topological polar surface area (TPSA) is 15.6 Å². The highest BCUT2D eigenvalue weighted by molar-refractivity contribution is 7.21. The maximum absolute atomic E-state index is 6.07. The summed E-state index contributed by atoms with van der Waals surface area (Å²) in [5.74, 6) is 0. The largest absolute Gasteiger partial charge is 0.304 e. The molecule has 2 nitrogen and oxygen atoms in total. The summed E-state index contributed by atoms with van der Waals surface area (Å²) >= 11 is 7.87. The van der Waals surface area contributed by atoms with Crippen molar-refractivity contribution in [3.05, 3.63) is 65.0 Å². The summed E-state index contributed by atoms with van der Waals surface area (Å²) in [7, 11) is 0. The molecule has 3 aromatic rings. The van der Waals surface area contributed by atoms with Crippen molar-refractivity contribution in [2.24, 2.45) is 4.99 Å². The predicted octanol–water partition coefficient (Wildman–Crippen LogP) is 7.05. The monoisotopic (exact) mass is 448 g/mol. The van der Waals surface area contributed by atoms with Gasteiger partial charge in [-0.25, -0.2) is 0 Å². The molecule has 1 unspecified atom stereocenters. The average Bonchev–Trinajstić information content (AvgIpc) is 2.71. The van der Waals surface area contributed by atoms with Gasteiger partial charge in [0.2, 0.25) is 0 Å². The molecule has 0 aliphatic rings. The molecule has 3 rings (SSSR count). The fraction of sp³-hybridized carbons (Fsp3) is 0.375. The van der Waals surface area contributed by atoms with Crippen LogP contribution < -0.4 is 5.36 Å². The minimum Gasteiger partial charge on any atom is -0.304 e. The number of rotatable bonds is 8. The van der Waals surface area contributed by atoms with Gasteiger partial charge in [0.15, 0.2) is 0 Å². The van der Waals surface area contributed by atoms with Gasteiger partial charge in [0, 0.05) is 26.0 Å².